The molecule has 2 aliphatic heterocycles. The first kappa shape index (κ1) is 22.5. The van der Waals surface area contributed by atoms with E-state index in [1.807, 2.05) is 36.3 Å². The highest BCUT2D eigenvalue weighted by atomic mass is 16.5. The van der Waals surface area contributed by atoms with Gasteiger partial charge in [-0.2, -0.15) is 0 Å². The predicted molar refractivity (Wildman–Crippen MR) is 134 cm³/mol. The molecule has 0 radical (unpaired) electrons. The zero-order valence-electron chi connectivity index (χ0n) is 20.9. The number of aliphatic hydroxyl groups is 1. The Balaban J connectivity index is 1.23. The van der Waals surface area contributed by atoms with Gasteiger partial charge < -0.3 is 19.8 Å². The van der Waals surface area contributed by atoms with E-state index in [1.54, 1.807) is 12.3 Å². The van der Waals surface area contributed by atoms with Gasteiger partial charge in [-0.15, -0.1) is 0 Å². The number of aryl methyl sites for hydroxylation is 1. The summed E-state index contributed by atoms with van der Waals surface area (Å²) in [7, 11) is 1.88. The lowest BCUT2D eigenvalue weighted by Crippen LogP contribution is -2.78. The lowest BCUT2D eigenvalue weighted by molar-refractivity contribution is -0.200. The summed E-state index contributed by atoms with van der Waals surface area (Å²) < 4.78 is 6.62. The first-order chi connectivity index (χ1) is 17.4. The van der Waals surface area contributed by atoms with Crippen LogP contribution in [0.3, 0.4) is 0 Å². The fourth-order valence-corrected chi connectivity index (χ4v) is 8.01. The van der Waals surface area contributed by atoms with Gasteiger partial charge in [0.1, 0.15) is 6.10 Å². The van der Waals surface area contributed by atoms with Crippen molar-refractivity contribution in [2.75, 3.05) is 20.1 Å². The molecule has 1 amide bonds. The maximum atomic E-state index is 13.4. The number of hydrogen-bond donors (Lipinski definition) is 2. The van der Waals surface area contributed by atoms with Crippen LogP contribution in [0, 0.1) is 5.92 Å². The van der Waals surface area contributed by atoms with Crippen LogP contribution < -0.4 is 4.74 Å². The van der Waals surface area contributed by atoms with Crippen molar-refractivity contribution in [3.63, 3.8) is 0 Å². The SMILES string of the molecule is CN(C(=O)CCc1cccnc1)[C@H]1CC[C@@]2(O)[C@@H]3Cc4ccc(O)c5c4[C@@]2(CCN3CC2CC2)[C@H]1O5. The summed E-state index contributed by atoms with van der Waals surface area (Å²) in [6.07, 6.45) is 9.73. The molecule has 3 aliphatic carbocycles. The van der Waals surface area contributed by atoms with Crippen LogP contribution in [0.15, 0.2) is 36.7 Å². The number of hydrogen-bond acceptors (Lipinski definition) is 6. The molecule has 36 heavy (non-hydrogen) atoms. The van der Waals surface area contributed by atoms with Crippen molar-refractivity contribution in [3.05, 3.63) is 53.3 Å². The fraction of sp³-hybridized carbons (Fsp3) is 0.586. The number of amides is 1. The molecule has 190 valence electrons. The Morgan fingerprint density at radius 2 is 2.11 bits per heavy atom. The molecule has 3 fully saturated rings. The number of benzene rings is 1. The lowest BCUT2D eigenvalue weighted by atomic mass is 9.48. The van der Waals surface area contributed by atoms with E-state index < -0.39 is 11.0 Å². The molecular weight excluding hydrogens is 454 g/mol. The minimum atomic E-state index is -0.924. The number of aromatic hydroxyl groups is 1. The maximum absolute atomic E-state index is 13.4. The summed E-state index contributed by atoms with van der Waals surface area (Å²) in [5, 5.41) is 23.4. The molecule has 2 aromatic rings. The van der Waals surface area contributed by atoms with Crippen LogP contribution in [0.1, 0.15) is 55.2 Å². The number of phenolic OH excluding ortho intramolecular Hbond substituents is 1. The molecule has 1 saturated heterocycles. The van der Waals surface area contributed by atoms with Crippen molar-refractivity contribution in [1.29, 1.82) is 0 Å². The van der Waals surface area contributed by atoms with Gasteiger partial charge in [-0.05, 0) is 80.7 Å². The van der Waals surface area contributed by atoms with E-state index in [-0.39, 0.29) is 29.8 Å². The van der Waals surface area contributed by atoms with Gasteiger partial charge >= 0.3 is 0 Å². The molecule has 7 rings (SSSR count). The Kier molecular flexibility index (Phi) is 4.97. The van der Waals surface area contributed by atoms with Gasteiger partial charge in [0.2, 0.25) is 5.91 Å². The van der Waals surface area contributed by atoms with Crippen LogP contribution in [-0.2, 0) is 23.1 Å². The predicted octanol–water partition coefficient (Wildman–Crippen LogP) is 2.81. The first-order valence-electron chi connectivity index (χ1n) is 13.6. The normalized spacial score (nSPS) is 34.1. The molecule has 1 aromatic carbocycles. The van der Waals surface area contributed by atoms with Gasteiger partial charge in [-0.1, -0.05) is 12.1 Å². The third-order valence-electron chi connectivity index (χ3n) is 9.97. The number of rotatable bonds is 6. The van der Waals surface area contributed by atoms with Crippen LogP contribution >= 0.6 is 0 Å². The van der Waals surface area contributed by atoms with Crippen molar-refractivity contribution < 1.29 is 19.7 Å². The van der Waals surface area contributed by atoms with Gasteiger partial charge in [0.15, 0.2) is 11.5 Å². The zero-order valence-corrected chi connectivity index (χ0v) is 20.9. The van der Waals surface area contributed by atoms with Gasteiger partial charge in [0.05, 0.1) is 17.1 Å². The second-order valence-corrected chi connectivity index (χ2v) is 11.8. The van der Waals surface area contributed by atoms with E-state index in [0.717, 1.165) is 43.0 Å². The summed E-state index contributed by atoms with van der Waals surface area (Å²) >= 11 is 0. The Bertz CT molecular complexity index is 1200. The minimum Gasteiger partial charge on any atom is -0.504 e. The summed E-state index contributed by atoms with van der Waals surface area (Å²) in [6, 6.07) is 7.56. The number of carbonyl (C=O) groups is 1. The molecule has 3 heterocycles. The molecule has 7 nitrogen and oxygen atoms in total. The molecule has 2 saturated carbocycles. The van der Waals surface area contributed by atoms with Crippen molar-refractivity contribution >= 4 is 5.91 Å². The van der Waals surface area contributed by atoms with E-state index >= 15 is 0 Å². The van der Waals surface area contributed by atoms with E-state index in [4.69, 9.17) is 4.74 Å². The number of phenols is 1. The standard InChI is InChI=1S/C29H35N3O4/c1-31(24(34)9-6-18-3-2-13-30-16-18)21-10-11-29(35)23-15-20-7-8-22(33)26-25(20)28(29,27(21)36-26)12-14-32(23)17-19-4-5-19/h2-3,7-8,13,16,19,21,23,27,33,35H,4-6,9-12,14-15,17H2,1H3/t21-,23-,27-,28-,29+/m0/s1. The van der Waals surface area contributed by atoms with Crippen LogP contribution in [-0.4, -0.2) is 74.8 Å². The highest BCUT2D eigenvalue weighted by molar-refractivity contribution is 5.77. The number of piperidine rings is 1. The number of pyridine rings is 1. The smallest absolute Gasteiger partial charge is 0.223 e. The third-order valence-corrected chi connectivity index (χ3v) is 9.97. The molecule has 0 unspecified atom stereocenters. The number of carbonyl (C=O) groups excluding carboxylic acids is 1. The average Bonchev–Trinajstić information content (AvgIpc) is 3.63. The Hall–Kier alpha value is -2.64. The average molecular weight is 490 g/mol. The highest BCUT2D eigenvalue weighted by Crippen LogP contribution is 2.66. The quantitative estimate of drug-likeness (QED) is 0.649. The van der Waals surface area contributed by atoms with Crippen molar-refractivity contribution in [2.24, 2.45) is 5.92 Å². The summed E-state index contributed by atoms with van der Waals surface area (Å²) in [6.45, 7) is 1.98. The Morgan fingerprint density at radius 1 is 1.25 bits per heavy atom. The van der Waals surface area contributed by atoms with Crippen molar-refractivity contribution in [3.8, 4) is 11.5 Å². The first-order valence-corrected chi connectivity index (χ1v) is 13.6. The molecule has 2 N–H and O–H groups in total. The van der Waals surface area contributed by atoms with E-state index in [2.05, 4.69) is 9.88 Å². The molecule has 1 spiro atoms. The van der Waals surface area contributed by atoms with Gasteiger partial charge in [0, 0.05) is 44.0 Å². The van der Waals surface area contributed by atoms with Gasteiger partial charge in [-0.3, -0.25) is 14.7 Å². The monoisotopic (exact) mass is 489 g/mol. The van der Waals surface area contributed by atoms with Crippen LogP contribution in [0.5, 0.6) is 11.5 Å². The van der Waals surface area contributed by atoms with E-state index in [1.165, 1.54) is 18.4 Å². The third kappa shape index (κ3) is 3.05. The largest absolute Gasteiger partial charge is 0.504 e. The molecule has 7 heteroatoms. The number of likely N-dealkylation sites (tertiary alicyclic amines) is 1. The topological polar surface area (TPSA) is 86.1 Å². The highest BCUT2D eigenvalue weighted by Gasteiger charge is 2.73. The molecule has 5 atom stereocenters. The van der Waals surface area contributed by atoms with E-state index in [0.29, 0.717) is 31.4 Å². The van der Waals surface area contributed by atoms with Gasteiger partial charge in [0.25, 0.3) is 0 Å². The van der Waals surface area contributed by atoms with Crippen LogP contribution in [0.2, 0.25) is 0 Å². The number of aromatic nitrogens is 1. The summed E-state index contributed by atoms with van der Waals surface area (Å²) in [5.74, 6) is 1.51. The molecular formula is C29H35N3O4. The Labute approximate surface area is 212 Å². The van der Waals surface area contributed by atoms with E-state index in [9.17, 15) is 15.0 Å². The second kappa shape index (κ2) is 7.93. The summed E-state index contributed by atoms with van der Waals surface area (Å²) in [4.78, 5) is 21.9. The fourth-order valence-electron chi connectivity index (χ4n) is 8.01. The number of likely N-dealkylation sites (N-methyl/N-ethyl adjacent to an activating group) is 1. The number of nitrogens with zero attached hydrogens (tertiary/aromatic N) is 3. The second-order valence-electron chi connectivity index (χ2n) is 11.8. The molecule has 2 bridgehead atoms. The minimum absolute atomic E-state index is 0.0495. The van der Waals surface area contributed by atoms with Crippen molar-refractivity contribution in [1.82, 2.24) is 14.8 Å². The number of ether oxygens (including phenoxy) is 1. The zero-order chi connectivity index (χ0) is 24.7. The van der Waals surface area contributed by atoms with Crippen LogP contribution in [0.25, 0.3) is 0 Å². The molecule has 5 aliphatic rings. The van der Waals surface area contributed by atoms with Crippen molar-refractivity contribution in [2.45, 2.75) is 80.6 Å². The summed E-state index contributed by atoms with van der Waals surface area (Å²) in [5.41, 5.74) is 1.73. The Morgan fingerprint density at radius 3 is 2.89 bits per heavy atom. The maximum Gasteiger partial charge on any atom is 0.223 e. The van der Waals surface area contributed by atoms with Gasteiger partial charge in [-0.25, -0.2) is 0 Å². The van der Waals surface area contributed by atoms with Crippen LogP contribution in [0.4, 0.5) is 0 Å². The molecule has 1 aromatic heterocycles. The lowest BCUT2D eigenvalue weighted by Gasteiger charge is -2.64.